The third-order valence-corrected chi connectivity index (χ3v) is 2.46. The minimum Gasteiger partial charge on any atom is -0.406 e. The van der Waals surface area contributed by atoms with Gasteiger partial charge in [0, 0.05) is 5.56 Å². The Balaban J connectivity index is 2.33. The molecule has 1 heterocycles. The summed E-state index contributed by atoms with van der Waals surface area (Å²) in [5, 5.41) is 0. The molecule has 19 heavy (non-hydrogen) atoms. The average molecular weight is 290 g/mol. The summed E-state index contributed by atoms with van der Waals surface area (Å²) in [6.45, 7) is 0. The number of aromatic nitrogens is 2. The summed E-state index contributed by atoms with van der Waals surface area (Å²) in [6, 6.07) is 4.73. The van der Waals surface area contributed by atoms with E-state index in [1.54, 1.807) is 0 Å². The van der Waals surface area contributed by atoms with E-state index in [1.165, 1.54) is 18.5 Å². The van der Waals surface area contributed by atoms with Crippen LogP contribution in [0.1, 0.15) is 0 Å². The predicted octanol–water partition coefficient (Wildman–Crippen LogP) is 3.84. The van der Waals surface area contributed by atoms with Gasteiger partial charge in [0.05, 0.1) is 12.0 Å². The van der Waals surface area contributed by atoms with E-state index in [1.807, 2.05) is 0 Å². The molecular weight excluding hydrogens is 284 g/mol. The zero-order chi connectivity index (χ0) is 14.0. The van der Waals surface area contributed by atoms with Crippen molar-refractivity contribution in [2.24, 2.45) is 0 Å². The molecule has 0 aliphatic rings. The van der Waals surface area contributed by atoms with Crippen molar-refractivity contribution in [1.82, 2.24) is 9.97 Å². The smallest absolute Gasteiger partial charge is 0.406 e. The number of aromatic amines is 1. The van der Waals surface area contributed by atoms with E-state index in [9.17, 15) is 17.6 Å². The monoisotopic (exact) mass is 290 g/mol. The second-order valence-corrected chi connectivity index (χ2v) is 3.86. The highest BCUT2D eigenvalue weighted by Crippen LogP contribution is 2.26. The summed E-state index contributed by atoms with van der Waals surface area (Å²) < 4.78 is 53.1. The summed E-state index contributed by atoms with van der Waals surface area (Å²) in [7, 11) is 0. The molecule has 0 aliphatic carbocycles. The molecule has 0 radical (unpaired) electrons. The standard InChI is InChI=1S/C11H6F4N2OS/c12-8-9(16-5-17-10(8)19)6-1-3-7(4-2-6)18-11(13,14)15/h1-5H,(H,16,17,19). The molecular formula is C11H6F4N2OS. The summed E-state index contributed by atoms with van der Waals surface area (Å²) in [6.07, 6.45) is -3.55. The van der Waals surface area contributed by atoms with E-state index < -0.39 is 12.2 Å². The van der Waals surface area contributed by atoms with Crippen molar-refractivity contribution in [3.05, 3.63) is 41.1 Å². The molecule has 0 saturated carbocycles. The van der Waals surface area contributed by atoms with Crippen LogP contribution in [0.15, 0.2) is 30.6 Å². The number of alkyl halides is 3. The molecule has 1 aromatic carbocycles. The van der Waals surface area contributed by atoms with Crippen molar-refractivity contribution in [2.75, 3.05) is 0 Å². The SMILES string of the molecule is Fc1c(-c2ccc(OC(F)(F)F)cc2)[nH]cnc1=S. The summed E-state index contributed by atoms with van der Waals surface area (Å²) in [4.78, 5) is 6.09. The predicted molar refractivity (Wildman–Crippen MR) is 61.5 cm³/mol. The van der Waals surface area contributed by atoms with Crippen LogP contribution in [0.25, 0.3) is 11.3 Å². The molecule has 0 aliphatic heterocycles. The second kappa shape index (κ2) is 4.96. The third-order valence-electron chi connectivity index (χ3n) is 2.17. The van der Waals surface area contributed by atoms with Crippen molar-refractivity contribution >= 4 is 12.2 Å². The van der Waals surface area contributed by atoms with Gasteiger partial charge in [-0.3, -0.25) is 0 Å². The second-order valence-electron chi connectivity index (χ2n) is 3.47. The van der Waals surface area contributed by atoms with Gasteiger partial charge in [-0.05, 0) is 24.3 Å². The summed E-state index contributed by atoms with van der Waals surface area (Å²) in [5.74, 6) is -1.12. The van der Waals surface area contributed by atoms with Crippen molar-refractivity contribution in [3.8, 4) is 17.0 Å². The van der Waals surface area contributed by atoms with Crippen molar-refractivity contribution in [3.63, 3.8) is 0 Å². The highest BCUT2D eigenvalue weighted by molar-refractivity contribution is 7.71. The van der Waals surface area contributed by atoms with Gasteiger partial charge in [-0.1, -0.05) is 12.2 Å². The van der Waals surface area contributed by atoms with Crippen LogP contribution < -0.4 is 4.74 Å². The lowest BCUT2D eigenvalue weighted by Crippen LogP contribution is -2.16. The Bertz CT molecular complexity index is 636. The van der Waals surface area contributed by atoms with Gasteiger partial charge in [0.2, 0.25) is 0 Å². The van der Waals surface area contributed by atoms with E-state index in [0.717, 1.165) is 12.1 Å². The van der Waals surface area contributed by atoms with Crippen LogP contribution in [-0.4, -0.2) is 16.3 Å². The molecule has 3 nitrogen and oxygen atoms in total. The molecule has 0 amide bonds. The van der Waals surface area contributed by atoms with Gasteiger partial charge in [0.25, 0.3) is 0 Å². The first-order valence-corrected chi connectivity index (χ1v) is 5.37. The number of ether oxygens (including phenoxy) is 1. The number of hydrogen-bond donors (Lipinski definition) is 1. The molecule has 1 N–H and O–H groups in total. The van der Waals surface area contributed by atoms with E-state index in [4.69, 9.17) is 0 Å². The Morgan fingerprint density at radius 2 is 1.79 bits per heavy atom. The Morgan fingerprint density at radius 1 is 1.16 bits per heavy atom. The van der Waals surface area contributed by atoms with E-state index in [-0.39, 0.29) is 16.1 Å². The van der Waals surface area contributed by atoms with Crippen LogP contribution in [0.3, 0.4) is 0 Å². The van der Waals surface area contributed by atoms with Gasteiger partial charge in [-0.2, -0.15) is 0 Å². The highest BCUT2D eigenvalue weighted by atomic mass is 32.1. The molecule has 0 spiro atoms. The number of rotatable bonds is 2. The third kappa shape index (κ3) is 3.28. The van der Waals surface area contributed by atoms with Crippen molar-refractivity contribution < 1.29 is 22.3 Å². The average Bonchev–Trinajstić information content (AvgIpc) is 2.32. The Kier molecular flexibility index (Phi) is 3.52. The molecule has 2 rings (SSSR count). The Morgan fingerprint density at radius 3 is 2.37 bits per heavy atom. The van der Waals surface area contributed by atoms with Gasteiger partial charge in [-0.25, -0.2) is 9.37 Å². The molecule has 2 aromatic rings. The maximum atomic E-state index is 13.6. The minimum absolute atomic E-state index is 0.0542. The van der Waals surface area contributed by atoms with Gasteiger partial charge in [0.15, 0.2) is 10.5 Å². The first-order chi connectivity index (χ1) is 8.87. The lowest BCUT2D eigenvalue weighted by molar-refractivity contribution is -0.274. The van der Waals surface area contributed by atoms with E-state index >= 15 is 0 Å². The zero-order valence-corrected chi connectivity index (χ0v) is 9.98. The van der Waals surface area contributed by atoms with Crippen LogP contribution in [0, 0.1) is 10.5 Å². The lowest BCUT2D eigenvalue weighted by Gasteiger charge is -2.09. The molecule has 100 valence electrons. The van der Waals surface area contributed by atoms with Gasteiger partial charge in [0.1, 0.15) is 5.75 Å². The number of nitrogens with one attached hydrogen (secondary N) is 1. The van der Waals surface area contributed by atoms with Gasteiger partial charge in [-0.15, -0.1) is 13.2 Å². The van der Waals surface area contributed by atoms with Crippen LogP contribution in [0.4, 0.5) is 17.6 Å². The zero-order valence-electron chi connectivity index (χ0n) is 9.16. The van der Waals surface area contributed by atoms with Crippen molar-refractivity contribution in [2.45, 2.75) is 6.36 Å². The summed E-state index contributed by atoms with van der Waals surface area (Å²) >= 11 is 4.66. The van der Waals surface area contributed by atoms with Gasteiger partial charge < -0.3 is 9.72 Å². The van der Waals surface area contributed by atoms with E-state index in [2.05, 4.69) is 26.9 Å². The molecule has 0 unspecified atom stereocenters. The maximum Gasteiger partial charge on any atom is 0.573 e. The fraction of sp³-hybridized carbons (Fsp3) is 0.0909. The maximum absolute atomic E-state index is 13.6. The molecule has 8 heteroatoms. The number of halogens is 4. The van der Waals surface area contributed by atoms with Crippen LogP contribution in [0.2, 0.25) is 0 Å². The largest absolute Gasteiger partial charge is 0.573 e. The van der Waals surface area contributed by atoms with Crippen LogP contribution >= 0.6 is 12.2 Å². The lowest BCUT2D eigenvalue weighted by atomic mass is 10.1. The number of hydrogen-bond acceptors (Lipinski definition) is 3. The van der Waals surface area contributed by atoms with Gasteiger partial charge >= 0.3 is 6.36 Å². The summed E-state index contributed by atoms with van der Waals surface area (Å²) in [5.41, 5.74) is 0.388. The Hall–Kier alpha value is -1.96. The molecule has 0 bridgehead atoms. The van der Waals surface area contributed by atoms with Crippen LogP contribution in [-0.2, 0) is 0 Å². The molecule has 0 saturated heterocycles. The van der Waals surface area contributed by atoms with Crippen molar-refractivity contribution in [1.29, 1.82) is 0 Å². The molecule has 1 aromatic heterocycles. The topological polar surface area (TPSA) is 37.9 Å². The first kappa shape index (κ1) is 13.5. The fourth-order valence-corrected chi connectivity index (χ4v) is 1.57. The minimum atomic E-state index is -4.76. The quantitative estimate of drug-likeness (QED) is 0.674. The van der Waals surface area contributed by atoms with Crippen LogP contribution in [0.5, 0.6) is 5.75 Å². The first-order valence-electron chi connectivity index (χ1n) is 4.96. The van der Waals surface area contributed by atoms with E-state index in [0.29, 0.717) is 5.56 Å². The fourth-order valence-electron chi connectivity index (χ4n) is 1.42. The normalized spacial score (nSPS) is 11.4. The molecule has 0 atom stereocenters. The number of benzene rings is 1. The number of nitrogens with zero attached hydrogens (tertiary/aromatic N) is 1. The Labute approximate surface area is 109 Å². The highest BCUT2D eigenvalue weighted by Gasteiger charge is 2.30. The molecule has 0 fully saturated rings. The number of H-pyrrole nitrogens is 1.